The molecule has 0 aromatic carbocycles. The summed E-state index contributed by atoms with van der Waals surface area (Å²) in [5.41, 5.74) is -0.919. The zero-order valence-corrected chi connectivity index (χ0v) is 10.0. The topological polar surface area (TPSA) is 53.4 Å². The Balaban J connectivity index is 2.14. The van der Waals surface area contributed by atoms with Gasteiger partial charge in [0, 0.05) is 18.8 Å². The molecule has 1 aromatic rings. The van der Waals surface area contributed by atoms with E-state index in [4.69, 9.17) is 5.11 Å². The summed E-state index contributed by atoms with van der Waals surface area (Å²) in [5, 5.41) is 8.90. The molecule has 0 radical (unpaired) electrons. The van der Waals surface area contributed by atoms with Crippen molar-refractivity contribution in [3.05, 3.63) is 29.6 Å². The quantitative estimate of drug-likeness (QED) is 0.909. The lowest BCUT2D eigenvalue weighted by Crippen LogP contribution is -2.35. The second kappa shape index (κ2) is 5.16. The highest BCUT2D eigenvalue weighted by atomic mass is 19.4. The van der Waals surface area contributed by atoms with Gasteiger partial charge in [0.15, 0.2) is 0 Å². The van der Waals surface area contributed by atoms with Crippen LogP contribution in [-0.2, 0) is 6.18 Å². The van der Waals surface area contributed by atoms with Crippen LogP contribution in [0.4, 0.5) is 13.2 Å². The molecule has 1 saturated carbocycles. The summed E-state index contributed by atoms with van der Waals surface area (Å²) in [7, 11) is 0. The van der Waals surface area contributed by atoms with Gasteiger partial charge in [0.25, 0.3) is 5.91 Å². The van der Waals surface area contributed by atoms with Crippen molar-refractivity contribution in [3.63, 3.8) is 0 Å². The molecule has 104 valence electrons. The smallest absolute Gasteiger partial charge is 0.395 e. The molecule has 7 heteroatoms. The highest BCUT2D eigenvalue weighted by molar-refractivity contribution is 5.94. The number of halogens is 3. The van der Waals surface area contributed by atoms with Gasteiger partial charge in [-0.2, -0.15) is 13.2 Å². The number of aliphatic hydroxyl groups excluding tert-OH is 1. The zero-order chi connectivity index (χ0) is 14.0. The largest absolute Gasteiger partial charge is 0.433 e. The molecule has 1 amide bonds. The van der Waals surface area contributed by atoms with Crippen LogP contribution < -0.4 is 0 Å². The number of hydrogen-bond acceptors (Lipinski definition) is 3. The molecular formula is C12H13F3N2O2. The molecule has 0 spiro atoms. The number of aliphatic hydroxyl groups is 1. The maximum atomic E-state index is 12.3. The minimum absolute atomic E-state index is 0.0851. The average Bonchev–Trinajstić information content (AvgIpc) is 3.18. The van der Waals surface area contributed by atoms with E-state index < -0.39 is 17.8 Å². The summed E-state index contributed by atoms with van der Waals surface area (Å²) < 4.78 is 37.0. The fourth-order valence-electron chi connectivity index (χ4n) is 1.80. The number of aromatic nitrogens is 1. The van der Waals surface area contributed by atoms with Gasteiger partial charge in [0.2, 0.25) is 0 Å². The minimum Gasteiger partial charge on any atom is -0.395 e. The van der Waals surface area contributed by atoms with Gasteiger partial charge in [-0.25, -0.2) is 0 Å². The molecule has 0 aliphatic heterocycles. The maximum absolute atomic E-state index is 12.3. The first-order chi connectivity index (χ1) is 8.93. The van der Waals surface area contributed by atoms with Crippen LogP contribution in [0.25, 0.3) is 0 Å². The first-order valence-corrected chi connectivity index (χ1v) is 5.88. The first-order valence-electron chi connectivity index (χ1n) is 5.88. The Morgan fingerprint density at radius 3 is 2.53 bits per heavy atom. The lowest BCUT2D eigenvalue weighted by Gasteiger charge is -2.21. The van der Waals surface area contributed by atoms with Gasteiger partial charge in [-0.15, -0.1) is 0 Å². The second-order valence-corrected chi connectivity index (χ2v) is 4.38. The van der Waals surface area contributed by atoms with Crippen molar-refractivity contribution < 1.29 is 23.1 Å². The zero-order valence-electron chi connectivity index (χ0n) is 10.0. The number of alkyl halides is 3. The fraction of sp³-hybridized carbons (Fsp3) is 0.500. The van der Waals surface area contributed by atoms with Crippen LogP contribution in [-0.4, -0.2) is 40.1 Å². The van der Waals surface area contributed by atoms with Crippen LogP contribution in [0.5, 0.6) is 0 Å². The Morgan fingerprint density at radius 1 is 1.42 bits per heavy atom. The van der Waals surface area contributed by atoms with E-state index in [1.807, 2.05) is 0 Å². The van der Waals surface area contributed by atoms with E-state index in [0.717, 1.165) is 31.2 Å². The monoisotopic (exact) mass is 274 g/mol. The summed E-state index contributed by atoms with van der Waals surface area (Å²) in [6, 6.07) is 1.99. The third-order valence-corrected chi connectivity index (χ3v) is 2.89. The number of pyridine rings is 1. The third kappa shape index (κ3) is 3.23. The van der Waals surface area contributed by atoms with Crippen molar-refractivity contribution >= 4 is 5.91 Å². The summed E-state index contributed by atoms with van der Waals surface area (Å²) in [4.78, 5) is 16.8. The Morgan fingerprint density at radius 2 is 2.11 bits per heavy atom. The number of carbonyl (C=O) groups excluding carboxylic acids is 1. The summed E-state index contributed by atoms with van der Waals surface area (Å²) >= 11 is 0. The molecular weight excluding hydrogens is 261 g/mol. The van der Waals surface area contributed by atoms with Gasteiger partial charge in [0.05, 0.1) is 12.2 Å². The number of nitrogens with zero attached hydrogens (tertiary/aromatic N) is 2. The van der Waals surface area contributed by atoms with Gasteiger partial charge >= 0.3 is 6.18 Å². The van der Waals surface area contributed by atoms with Crippen molar-refractivity contribution in [2.24, 2.45) is 0 Å². The Kier molecular flexibility index (Phi) is 3.75. The van der Waals surface area contributed by atoms with Crippen LogP contribution in [0.3, 0.4) is 0 Å². The predicted octanol–water partition coefficient (Wildman–Crippen LogP) is 1.70. The minimum atomic E-state index is -4.51. The molecule has 0 atom stereocenters. The second-order valence-electron chi connectivity index (χ2n) is 4.38. The molecule has 2 rings (SSSR count). The molecule has 4 nitrogen and oxygen atoms in total. The van der Waals surface area contributed by atoms with Gasteiger partial charge in [0.1, 0.15) is 5.69 Å². The van der Waals surface area contributed by atoms with Crippen molar-refractivity contribution in [2.75, 3.05) is 13.2 Å². The summed E-state index contributed by atoms with van der Waals surface area (Å²) in [6.45, 7) is 0.0147. The van der Waals surface area contributed by atoms with Crippen LogP contribution >= 0.6 is 0 Å². The Hall–Kier alpha value is -1.63. The Labute approximate surface area is 107 Å². The predicted molar refractivity (Wildman–Crippen MR) is 60.4 cm³/mol. The molecule has 1 N–H and O–H groups in total. The molecule has 1 heterocycles. The fourth-order valence-corrected chi connectivity index (χ4v) is 1.80. The number of amides is 1. The first kappa shape index (κ1) is 13.8. The van der Waals surface area contributed by atoms with E-state index in [1.165, 1.54) is 4.90 Å². The summed E-state index contributed by atoms with van der Waals surface area (Å²) in [5.74, 6) is -0.391. The molecule has 0 bridgehead atoms. The van der Waals surface area contributed by atoms with E-state index in [0.29, 0.717) is 0 Å². The van der Waals surface area contributed by atoms with Crippen molar-refractivity contribution in [1.82, 2.24) is 9.88 Å². The lowest BCUT2D eigenvalue weighted by atomic mass is 10.2. The Bertz CT molecular complexity index is 455. The average molecular weight is 274 g/mol. The van der Waals surface area contributed by atoms with Gasteiger partial charge in [-0.1, -0.05) is 0 Å². The van der Waals surface area contributed by atoms with Crippen molar-refractivity contribution in [3.8, 4) is 0 Å². The van der Waals surface area contributed by atoms with E-state index in [1.54, 1.807) is 0 Å². The van der Waals surface area contributed by atoms with E-state index in [2.05, 4.69) is 4.98 Å². The highest BCUT2D eigenvalue weighted by Gasteiger charge is 2.34. The van der Waals surface area contributed by atoms with Crippen LogP contribution in [0.2, 0.25) is 0 Å². The van der Waals surface area contributed by atoms with E-state index >= 15 is 0 Å². The van der Waals surface area contributed by atoms with Gasteiger partial charge in [-0.3, -0.25) is 9.78 Å². The number of rotatable bonds is 4. The van der Waals surface area contributed by atoms with Gasteiger partial charge < -0.3 is 10.0 Å². The molecule has 1 aliphatic carbocycles. The third-order valence-electron chi connectivity index (χ3n) is 2.89. The lowest BCUT2D eigenvalue weighted by molar-refractivity contribution is -0.141. The van der Waals surface area contributed by atoms with E-state index in [9.17, 15) is 18.0 Å². The molecule has 0 unspecified atom stereocenters. The van der Waals surface area contributed by atoms with Crippen molar-refractivity contribution in [2.45, 2.75) is 25.1 Å². The van der Waals surface area contributed by atoms with Gasteiger partial charge in [-0.05, 0) is 25.0 Å². The summed E-state index contributed by atoms with van der Waals surface area (Å²) in [6.07, 6.45) is -1.86. The number of hydrogen-bond donors (Lipinski definition) is 1. The SMILES string of the molecule is O=C(c1ccc(C(F)(F)F)nc1)N(CCO)C1CC1. The van der Waals surface area contributed by atoms with Crippen LogP contribution in [0.15, 0.2) is 18.3 Å². The molecule has 19 heavy (non-hydrogen) atoms. The number of carbonyl (C=O) groups is 1. The van der Waals surface area contributed by atoms with Crippen molar-refractivity contribution in [1.29, 1.82) is 0 Å². The standard InChI is InChI=1S/C12H13F3N2O2/c13-12(14,15)10-4-1-8(7-16-10)11(19)17(5-6-18)9-2-3-9/h1,4,7,9,18H,2-3,5-6H2. The van der Waals surface area contributed by atoms with Crippen LogP contribution in [0.1, 0.15) is 28.9 Å². The maximum Gasteiger partial charge on any atom is 0.433 e. The van der Waals surface area contributed by atoms with Crippen LogP contribution in [0, 0.1) is 0 Å². The molecule has 1 fully saturated rings. The van der Waals surface area contributed by atoms with E-state index in [-0.39, 0.29) is 24.8 Å². The molecule has 1 aromatic heterocycles. The highest BCUT2D eigenvalue weighted by Crippen LogP contribution is 2.29. The molecule has 0 saturated heterocycles. The molecule has 1 aliphatic rings. The normalized spacial score (nSPS) is 15.4.